The van der Waals surface area contributed by atoms with Crippen LogP contribution in [0.15, 0.2) is 69.9 Å². The molecule has 8 nitrogen and oxygen atoms in total. The van der Waals surface area contributed by atoms with Crippen LogP contribution in [0.3, 0.4) is 0 Å². The lowest BCUT2D eigenvalue weighted by atomic mass is 10.1. The Bertz CT molecular complexity index is 1630. The second kappa shape index (κ2) is 8.81. The zero-order valence-corrected chi connectivity index (χ0v) is 19.8. The number of carbonyl (C=O) groups excluding carboxylic acids is 3. The number of esters is 1. The highest BCUT2D eigenvalue weighted by Crippen LogP contribution is 2.32. The van der Waals surface area contributed by atoms with Crippen LogP contribution in [0, 0.1) is 13.8 Å². The number of anilines is 1. The number of hydrogen-bond donors (Lipinski definition) is 0. The molecule has 1 aromatic heterocycles. The second-order valence-electron chi connectivity index (χ2n) is 8.52. The molecule has 1 aliphatic heterocycles. The highest BCUT2D eigenvalue weighted by Gasteiger charge is 2.38. The summed E-state index contributed by atoms with van der Waals surface area (Å²) in [6.45, 7) is 3.52. The van der Waals surface area contributed by atoms with Crippen molar-refractivity contribution in [2.24, 2.45) is 0 Å². The Morgan fingerprint density at radius 1 is 0.889 bits per heavy atom. The maximum absolute atomic E-state index is 13.2. The molecule has 0 spiro atoms. The van der Waals surface area contributed by atoms with Crippen molar-refractivity contribution in [3.63, 3.8) is 0 Å². The van der Waals surface area contributed by atoms with Crippen molar-refractivity contribution in [1.29, 1.82) is 0 Å². The predicted octanol–water partition coefficient (Wildman–Crippen LogP) is 4.58. The van der Waals surface area contributed by atoms with E-state index in [4.69, 9.17) is 13.9 Å². The molecule has 0 fully saturated rings. The van der Waals surface area contributed by atoms with Crippen LogP contribution in [-0.4, -0.2) is 24.9 Å². The van der Waals surface area contributed by atoms with Crippen LogP contribution >= 0.6 is 0 Å². The number of rotatable bonds is 5. The lowest BCUT2D eigenvalue weighted by Gasteiger charge is -2.17. The number of benzene rings is 3. The smallest absolute Gasteiger partial charge is 0.338 e. The minimum absolute atomic E-state index is 0.117. The van der Waals surface area contributed by atoms with Crippen LogP contribution in [0.4, 0.5) is 5.69 Å². The second-order valence-corrected chi connectivity index (χ2v) is 8.52. The number of aryl methyl sites for hydroxylation is 2. The molecule has 0 saturated carbocycles. The molecule has 0 bridgehead atoms. The number of imide groups is 1. The summed E-state index contributed by atoms with van der Waals surface area (Å²) >= 11 is 0. The number of ether oxygens (including phenoxy) is 2. The van der Waals surface area contributed by atoms with Crippen molar-refractivity contribution in [1.82, 2.24) is 0 Å². The summed E-state index contributed by atoms with van der Waals surface area (Å²) in [5, 5.41) is 0.599. The summed E-state index contributed by atoms with van der Waals surface area (Å²) in [5.41, 5.74) is 2.86. The number of methoxy groups -OCH3 is 1. The molecular formula is C28H21NO7. The lowest BCUT2D eigenvalue weighted by molar-refractivity contribution is 0.0473. The number of nitrogens with zero attached hydrogens (tertiary/aromatic N) is 1. The summed E-state index contributed by atoms with van der Waals surface area (Å²) in [4.78, 5) is 52.1. The van der Waals surface area contributed by atoms with E-state index in [9.17, 15) is 19.2 Å². The van der Waals surface area contributed by atoms with Crippen LogP contribution in [0.5, 0.6) is 5.75 Å². The molecule has 36 heavy (non-hydrogen) atoms. The molecule has 5 rings (SSSR count). The average molecular weight is 483 g/mol. The van der Waals surface area contributed by atoms with E-state index in [2.05, 4.69) is 0 Å². The first kappa shape index (κ1) is 23.0. The largest absolute Gasteiger partial charge is 0.497 e. The molecule has 0 atom stereocenters. The Hall–Kier alpha value is -4.72. The first-order chi connectivity index (χ1) is 17.3. The van der Waals surface area contributed by atoms with Gasteiger partial charge in [0.1, 0.15) is 17.9 Å². The fourth-order valence-corrected chi connectivity index (χ4v) is 4.23. The van der Waals surface area contributed by atoms with E-state index in [0.29, 0.717) is 28.0 Å². The van der Waals surface area contributed by atoms with Gasteiger partial charge in [0.2, 0.25) is 0 Å². The molecule has 0 aliphatic carbocycles. The van der Waals surface area contributed by atoms with Gasteiger partial charge in [-0.2, -0.15) is 0 Å². The highest BCUT2D eigenvalue weighted by atomic mass is 16.5. The van der Waals surface area contributed by atoms with Gasteiger partial charge in [0.15, 0.2) is 0 Å². The Labute approximate surface area is 205 Å². The minimum atomic E-state index is -0.696. The van der Waals surface area contributed by atoms with Gasteiger partial charge in [0.05, 0.1) is 29.5 Å². The number of hydrogen-bond acceptors (Lipinski definition) is 7. The molecule has 0 N–H and O–H groups in total. The van der Waals surface area contributed by atoms with E-state index in [-0.39, 0.29) is 23.3 Å². The maximum Gasteiger partial charge on any atom is 0.338 e. The highest BCUT2D eigenvalue weighted by molar-refractivity contribution is 6.35. The molecular weight excluding hydrogens is 462 g/mol. The lowest BCUT2D eigenvalue weighted by Crippen LogP contribution is -2.30. The minimum Gasteiger partial charge on any atom is -0.497 e. The molecule has 0 saturated heterocycles. The van der Waals surface area contributed by atoms with Gasteiger partial charge in [-0.05, 0) is 61.4 Å². The SMILES string of the molecule is COc1ccc2c(COC(=O)c3ccc4c(c3)C(=O)N(c3cc(C)ccc3C)C4=O)cc(=O)oc2c1. The van der Waals surface area contributed by atoms with Crippen molar-refractivity contribution in [2.75, 3.05) is 12.0 Å². The Morgan fingerprint density at radius 2 is 1.67 bits per heavy atom. The molecule has 3 aromatic carbocycles. The first-order valence-electron chi connectivity index (χ1n) is 11.1. The quantitative estimate of drug-likeness (QED) is 0.233. The van der Waals surface area contributed by atoms with E-state index in [0.717, 1.165) is 16.0 Å². The third kappa shape index (κ3) is 3.92. The van der Waals surface area contributed by atoms with E-state index in [1.165, 1.54) is 31.4 Å². The number of carbonyl (C=O) groups is 3. The Kier molecular flexibility index (Phi) is 5.64. The summed E-state index contributed by atoms with van der Waals surface area (Å²) in [6.07, 6.45) is 0. The molecule has 2 amide bonds. The predicted molar refractivity (Wildman–Crippen MR) is 132 cm³/mol. The van der Waals surface area contributed by atoms with Crippen LogP contribution in [0.1, 0.15) is 47.8 Å². The van der Waals surface area contributed by atoms with Gasteiger partial charge in [-0.25, -0.2) is 14.5 Å². The van der Waals surface area contributed by atoms with E-state index in [1.54, 1.807) is 24.3 Å². The molecule has 180 valence electrons. The zero-order valence-electron chi connectivity index (χ0n) is 19.8. The molecule has 2 heterocycles. The van der Waals surface area contributed by atoms with Gasteiger partial charge in [0.25, 0.3) is 11.8 Å². The van der Waals surface area contributed by atoms with Gasteiger partial charge in [0, 0.05) is 23.1 Å². The van der Waals surface area contributed by atoms with Crippen molar-refractivity contribution in [3.8, 4) is 5.75 Å². The normalized spacial score (nSPS) is 12.7. The third-order valence-corrected chi connectivity index (χ3v) is 6.12. The van der Waals surface area contributed by atoms with E-state index in [1.807, 2.05) is 26.0 Å². The van der Waals surface area contributed by atoms with Gasteiger partial charge in [-0.3, -0.25) is 9.59 Å². The molecule has 4 aromatic rings. The number of amides is 2. The summed E-state index contributed by atoms with van der Waals surface area (Å²) in [5.74, 6) is -1.12. The molecule has 1 aliphatic rings. The molecule has 0 radical (unpaired) electrons. The van der Waals surface area contributed by atoms with Crippen molar-refractivity contribution >= 4 is 34.4 Å². The average Bonchev–Trinajstić information content (AvgIpc) is 3.12. The fraction of sp³-hybridized carbons (Fsp3) is 0.143. The van der Waals surface area contributed by atoms with Gasteiger partial charge in [-0.1, -0.05) is 12.1 Å². The van der Waals surface area contributed by atoms with Gasteiger partial charge in [-0.15, -0.1) is 0 Å². The van der Waals surface area contributed by atoms with Crippen LogP contribution in [-0.2, 0) is 11.3 Å². The zero-order chi connectivity index (χ0) is 25.6. The third-order valence-electron chi connectivity index (χ3n) is 6.12. The van der Waals surface area contributed by atoms with Crippen LogP contribution in [0.2, 0.25) is 0 Å². The first-order valence-corrected chi connectivity index (χ1v) is 11.1. The number of fused-ring (bicyclic) bond motifs is 2. The monoisotopic (exact) mass is 483 g/mol. The molecule has 8 heteroatoms. The fourth-order valence-electron chi connectivity index (χ4n) is 4.23. The van der Waals surface area contributed by atoms with Crippen molar-refractivity contribution in [3.05, 3.63) is 104 Å². The van der Waals surface area contributed by atoms with Gasteiger partial charge >= 0.3 is 11.6 Å². The summed E-state index contributed by atoms with van der Waals surface area (Å²) in [7, 11) is 1.50. The maximum atomic E-state index is 13.2. The standard InChI is InChI=1S/C28H21NO7/c1-15-4-5-16(2)23(10-15)29-26(31)21-8-6-17(11-22(21)27(29)32)28(33)35-14-18-12-25(30)36-24-13-19(34-3)7-9-20(18)24/h4-13H,14H2,1-3H3. The molecule has 0 unspecified atom stereocenters. The van der Waals surface area contributed by atoms with Crippen molar-refractivity contribution in [2.45, 2.75) is 20.5 Å². The van der Waals surface area contributed by atoms with E-state index >= 15 is 0 Å². The van der Waals surface area contributed by atoms with Gasteiger partial charge < -0.3 is 13.9 Å². The Balaban J connectivity index is 1.40. The van der Waals surface area contributed by atoms with Crippen molar-refractivity contribution < 1.29 is 28.3 Å². The summed E-state index contributed by atoms with van der Waals surface area (Å²) in [6, 6.07) is 16.1. The van der Waals surface area contributed by atoms with E-state index < -0.39 is 23.4 Å². The Morgan fingerprint density at radius 3 is 2.44 bits per heavy atom. The van der Waals surface area contributed by atoms with Crippen LogP contribution in [0.25, 0.3) is 11.0 Å². The van der Waals surface area contributed by atoms with Crippen LogP contribution < -0.4 is 15.3 Å². The topological polar surface area (TPSA) is 103 Å². The summed E-state index contributed by atoms with van der Waals surface area (Å²) < 4.78 is 15.8.